The molecule has 0 spiro atoms. The Morgan fingerprint density at radius 1 is 1.25 bits per heavy atom. The smallest absolute Gasteiger partial charge is 0.311 e. The molecule has 1 amide bonds. The van der Waals surface area contributed by atoms with Crippen LogP contribution in [0.4, 0.5) is 0 Å². The predicted octanol–water partition coefficient (Wildman–Crippen LogP) is 2.04. The molecule has 16 heavy (non-hydrogen) atoms. The Kier molecular flexibility index (Phi) is 4.53. The normalized spacial score (nSPS) is 14.4. The molecule has 0 unspecified atom stereocenters. The topological polar surface area (TPSA) is 66.4 Å². The summed E-state index contributed by atoms with van der Waals surface area (Å²) in [6, 6.07) is 0. The van der Waals surface area contributed by atoms with Crippen LogP contribution in [-0.4, -0.2) is 22.5 Å². The van der Waals surface area contributed by atoms with Crippen molar-refractivity contribution in [1.82, 2.24) is 5.32 Å². The van der Waals surface area contributed by atoms with Gasteiger partial charge in [0.05, 0.1) is 5.41 Å². The van der Waals surface area contributed by atoms with E-state index >= 15 is 0 Å². The van der Waals surface area contributed by atoms with Crippen molar-refractivity contribution in [3.63, 3.8) is 0 Å². The number of carboxylic acids is 1. The van der Waals surface area contributed by atoms with Gasteiger partial charge in [0.15, 0.2) is 0 Å². The fourth-order valence-corrected chi connectivity index (χ4v) is 1.04. The third kappa shape index (κ3) is 2.97. The van der Waals surface area contributed by atoms with Gasteiger partial charge in [-0.05, 0) is 34.1 Å². The molecule has 0 saturated heterocycles. The minimum atomic E-state index is -1.00. The average molecular weight is 229 g/mol. The molecule has 0 saturated carbocycles. The fourth-order valence-electron chi connectivity index (χ4n) is 1.04. The first-order chi connectivity index (χ1) is 7.06. The maximum atomic E-state index is 11.8. The molecule has 2 N–H and O–H groups in total. The molecule has 0 bridgehead atoms. The summed E-state index contributed by atoms with van der Waals surface area (Å²) in [4.78, 5) is 22.9. The lowest BCUT2D eigenvalue weighted by Gasteiger charge is -2.39. The number of carboxylic acid groups (broad SMARTS) is 1. The molecule has 0 aliphatic heterocycles. The lowest BCUT2D eigenvalue weighted by Crippen LogP contribution is -2.57. The maximum absolute atomic E-state index is 11.8. The molecular formula is C12H23NO3. The number of carbonyl (C=O) groups excluding carboxylic acids is 1. The Morgan fingerprint density at radius 2 is 1.69 bits per heavy atom. The van der Waals surface area contributed by atoms with E-state index in [9.17, 15) is 9.59 Å². The summed E-state index contributed by atoms with van der Waals surface area (Å²) in [6.07, 6.45) is 0.745. The van der Waals surface area contributed by atoms with Gasteiger partial charge < -0.3 is 10.4 Å². The van der Waals surface area contributed by atoms with Crippen LogP contribution >= 0.6 is 0 Å². The standard InChI is InChI=1S/C12H23NO3/c1-7-8(2)9(14)13-12(5,6)11(3,4)10(15)16/h8H,7H2,1-6H3,(H,13,14)(H,15,16)/t8-/m1/s1. The Morgan fingerprint density at radius 3 is 2.00 bits per heavy atom. The molecule has 1 atom stereocenters. The minimum absolute atomic E-state index is 0.0936. The number of carbonyl (C=O) groups is 2. The van der Waals surface area contributed by atoms with Crippen LogP contribution in [0.2, 0.25) is 0 Å². The van der Waals surface area contributed by atoms with E-state index in [-0.39, 0.29) is 11.8 Å². The lowest BCUT2D eigenvalue weighted by atomic mass is 9.74. The molecule has 0 heterocycles. The number of hydrogen-bond acceptors (Lipinski definition) is 2. The molecule has 4 heteroatoms. The summed E-state index contributed by atoms with van der Waals surface area (Å²) in [6.45, 7) is 10.5. The van der Waals surface area contributed by atoms with Crippen molar-refractivity contribution in [1.29, 1.82) is 0 Å². The van der Waals surface area contributed by atoms with E-state index in [1.165, 1.54) is 0 Å². The quantitative estimate of drug-likeness (QED) is 0.758. The highest BCUT2D eigenvalue weighted by Gasteiger charge is 2.44. The molecule has 0 radical (unpaired) electrons. The van der Waals surface area contributed by atoms with Gasteiger partial charge in [-0.15, -0.1) is 0 Å². The molecule has 0 aliphatic rings. The summed E-state index contributed by atoms with van der Waals surface area (Å²) < 4.78 is 0. The molecule has 94 valence electrons. The van der Waals surface area contributed by atoms with E-state index in [1.54, 1.807) is 27.7 Å². The Labute approximate surface area is 97.4 Å². The number of amides is 1. The van der Waals surface area contributed by atoms with E-state index in [0.717, 1.165) is 6.42 Å². The summed E-state index contributed by atoms with van der Waals surface area (Å²) >= 11 is 0. The van der Waals surface area contributed by atoms with Crippen LogP contribution in [-0.2, 0) is 9.59 Å². The van der Waals surface area contributed by atoms with E-state index in [1.807, 2.05) is 13.8 Å². The van der Waals surface area contributed by atoms with Crippen molar-refractivity contribution in [2.45, 2.75) is 53.5 Å². The molecule has 0 rings (SSSR count). The Bertz CT molecular complexity index is 282. The van der Waals surface area contributed by atoms with Crippen LogP contribution in [0, 0.1) is 11.3 Å². The van der Waals surface area contributed by atoms with Crippen molar-refractivity contribution >= 4 is 11.9 Å². The van der Waals surface area contributed by atoms with Crippen molar-refractivity contribution in [3.05, 3.63) is 0 Å². The molecule has 4 nitrogen and oxygen atoms in total. The van der Waals surface area contributed by atoms with Crippen LogP contribution in [0.15, 0.2) is 0 Å². The third-order valence-electron chi connectivity index (χ3n) is 3.59. The van der Waals surface area contributed by atoms with Crippen molar-refractivity contribution < 1.29 is 14.7 Å². The van der Waals surface area contributed by atoms with Gasteiger partial charge in [-0.1, -0.05) is 13.8 Å². The van der Waals surface area contributed by atoms with Gasteiger partial charge >= 0.3 is 5.97 Å². The summed E-state index contributed by atoms with van der Waals surface area (Å²) in [5.74, 6) is -1.10. The second kappa shape index (κ2) is 4.85. The molecule has 0 aromatic rings. The maximum Gasteiger partial charge on any atom is 0.311 e. The zero-order chi connectivity index (χ0) is 13.1. The SMILES string of the molecule is CC[C@@H](C)C(=O)NC(C)(C)C(C)(C)C(=O)O. The van der Waals surface area contributed by atoms with E-state index < -0.39 is 16.9 Å². The molecule has 0 fully saturated rings. The third-order valence-corrected chi connectivity index (χ3v) is 3.59. The van der Waals surface area contributed by atoms with Crippen molar-refractivity contribution in [2.24, 2.45) is 11.3 Å². The average Bonchev–Trinajstić information content (AvgIpc) is 2.15. The van der Waals surface area contributed by atoms with Crippen LogP contribution in [0.5, 0.6) is 0 Å². The van der Waals surface area contributed by atoms with Crippen LogP contribution in [0.3, 0.4) is 0 Å². The highest BCUT2D eigenvalue weighted by Crippen LogP contribution is 2.31. The largest absolute Gasteiger partial charge is 0.481 e. The van der Waals surface area contributed by atoms with E-state index in [2.05, 4.69) is 5.32 Å². The van der Waals surface area contributed by atoms with Gasteiger partial charge in [0.2, 0.25) is 5.91 Å². The fraction of sp³-hybridized carbons (Fsp3) is 0.833. The van der Waals surface area contributed by atoms with Crippen LogP contribution in [0.1, 0.15) is 48.0 Å². The first-order valence-corrected chi connectivity index (χ1v) is 5.61. The van der Waals surface area contributed by atoms with E-state index in [0.29, 0.717) is 0 Å². The summed E-state index contributed by atoms with van der Waals surface area (Å²) in [5.41, 5.74) is -1.78. The number of rotatable bonds is 5. The second-order valence-corrected chi connectivity index (χ2v) is 5.35. The van der Waals surface area contributed by atoms with Gasteiger partial charge in [0, 0.05) is 11.5 Å². The molecule has 0 aliphatic carbocycles. The lowest BCUT2D eigenvalue weighted by molar-refractivity contribution is -0.152. The number of nitrogens with one attached hydrogen (secondary N) is 1. The zero-order valence-corrected chi connectivity index (χ0v) is 11.0. The second-order valence-electron chi connectivity index (χ2n) is 5.35. The minimum Gasteiger partial charge on any atom is -0.481 e. The molecule has 0 aromatic carbocycles. The number of aliphatic carboxylic acids is 1. The predicted molar refractivity (Wildman–Crippen MR) is 63.1 cm³/mol. The highest BCUT2D eigenvalue weighted by atomic mass is 16.4. The van der Waals surface area contributed by atoms with Crippen LogP contribution in [0.25, 0.3) is 0 Å². The highest BCUT2D eigenvalue weighted by molar-refractivity contribution is 5.81. The van der Waals surface area contributed by atoms with Gasteiger partial charge in [-0.25, -0.2) is 0 Å². The first-order valence-electron chi connectivity index (χ1n) is 5.61. The summed E-state index contributed by atoms with van der Waals surface area (Å²) in [7, 11) is 0. The van der Waals surface area contributed by atoms with E-state index in [4.69, 9.17) is 5.11 Å². The number of hydrogen-bond donors (Lipinski definition) is 2. The monoisotopic (exact) mass is 229 g/mol. The van der Waals surface area contributed by atoms with Crippen molar-refractivity contribution in [2.75, 3.05) is 0 Å². The zero-order valence-electron chi connectivity index (χ0n) is 11.0. The van der Waals surface area contributed by atoms with Gasteiger partial charge in [-0.3, -0.25) is 9.59 Å². The van der Waals surface area contributed by atoms with Gasteiger partial charge in [0.25, 0.3) is 0 Å². The Balaban J connectivity index is 4.82. The molecular weight excluding hydrogens is 206 g/mol. The first kappa shape index (κ1) is 14.9. The summed E-state index contributed by atoms with van der Waals surface area (Å²) in [5, 5.41) is 11.9. The van der Waals surface area contributed by atoms with Crippen LogP contribution < -0.4 is 5.32 Å². The Hall–Kier alpha value is -1.06. The molecule has 0 aromatic heterocycles. The van der Waals surface area contributed by atoms with Gasteiger partial charge in [-0.2, -0.15) is 0 Å². The van der Waals surface area contributed by atoms with Gasteiger partial charge in [0.1, 0.15) is 0 Å². The van der Waals surface area contributed by atoms with Crippen molar-refractivity contribution in [3.8, 4) is 0 Å².